The Labute approximate surface area is 118 Å². The molecule has 1 N–H and O–H groups in total. The summed E-state index contributed by atoms with van der Waals surface area (Å²) in [6, 6.07) is 9.88. The summed E-state index contributed by atoms with van der Waals surface area (Å²) in [6.07, 6.45) is 0. The van der Waals surface area contributed by atoms with Gasteiger partial charge in [0.1, 0.15) is 16.5 Å². The minimum atomic E-state index is -0.682. The predicted octanol–water partition coefficient (Wildman–Crippen LogP) is 4.00. The molecule has 2 rings (SSSR count). The molecular weight excluding hydrogens is 285 g/mol. The highest BCUT2D eigenvalue weighted by Crippen LogP contribution is 2.34. The number of nitro groups is 1. The minimum Gasteiger partial charge on any atom is -0.347 e. The molecule has 0 aliphatic carbocycles. The molecule has 2 aromatic rings. The fourth-order valence-corrected chi connectivity index (χ4v) is 1.88. The van der Waals surface area contributed by atoms with Crippen molar-refractivity contribution in [2.75, 3.05) is 5.32 Å². The van der Waals surface area contributed by atoms with Crippen molar-refractivity contribution in [2.45, 2.75) is 0 Å². The highest BCUT2D eigenvalue weighted by atomic mass is 35.5. The van der Waals surface area contributed by atoms with Gasteiger partial charge in [0.25, 0.3) is 0 Å². The monoisotopic (exact) mass is 291 g/mol. The molecule has 100 valence electrons. The van der Waals surface area contributed by atoms with E-state index in [1.165, 1.54) is 30.3 Å². The molecule has 0 saturated heterocycles. The molecule has 0 aliphatic heterocycles. The molecular formula is C13H7ClFN3O2. The van der Waals surface area contributed by atoms with E-state index >= 15 is 0 Å². The van der Waals surface area contributed by atoms with Crippen molar-refractivity contribution in [2.24, 2.45) is 0 Å². The van der Waals surface area contributed by atoms with E-state index in [1.54, 1.807) is 6.07 Å². The number of rotatable bonds is 3. The SMILES string of the molecule is N#Cc1ccc(Nc2cccc(Cl)c2[N+](=O)[O-])c(F)c1. The summed E-state index contributed by atoms with van der Waals surface area (Å²) in [5.41, 5.74) is -0.0768. The van der Waals surface area contributed by atoms with Crippen molar-refractivity contribution >= 4 is 28.7 Å². The summed E-state index contributed by atoms with van der Waals surface area (Å²) in [6.45, 7) is 0. The van der Waals surface area contributed by atoms with Gasteiger partial charge in [-0.2, -0.15) is 5.26 Å². The molecule has 0 spiro atoms. The molecule has 0 heterocycles. The second kappa shape index (κ2) is 5.55. The standard InChI is InChI=1S/C13H7ClFN3O2/c14-9-2-1-3-12(13(9)18(19)20)17-11-5-4-8(7-16)6-10(11)15/h1-6,17H. The van der Waals surface area contributed by atoms with Crippen LogP contribution in [0, 0.1) is 27.3 Å². The Hall–Kier alpha value is -2.65. The van der Waals surface area contributed by atoms with Crippen molar-refractivity contribution in [1.82, 2.24) is 0 Å². The van der Waals surface area contributed by atoms with Crippen LogP contribution in [0.4, 0.5) is 21.5 Å². The smallest absolute Gasteiger partial charge is 0.311 e. The second-order valence-electron chi connectivity index (χ2n) is 3.82. The van der Waals surface area contributed by atoms with Crippen LogP contribution in [-0.2, 0) is 0 Å². The molecule has 0 saturated carbocycles. The van der Waals surface area contributed by atoms with Crippen LogP contribution in [0.3, 0.4) is 0 Å². The number of nitro benzene ring substituents is 1. The molecule has 5 nitrogen and oxygen atoms in total. The number of benzene rings is 2. The Morgan fingerprint density at radius 1 is 1.30 bits per heavy atom. The van der Waals surface area contributed by atoms with Gasteiger partial charge in [0.2, 0.25) is 0 Å². The van der Waals surface area contributed by atoms with Crippen molar-refractivity contribution in [3.63, 3.8) is 0 Å². The Morgan fingerprint density at radius 2 is 2.05 bits per heavy atom. The lowest BCUT2D eigenvalue weighted by Crippen LogP contribution is -1.99. The van der Waals surface area contributed by atoms with Gasteiger partial charge in [-0.05, 0) is 30.3 Å². The van der Waals surface area contributed by atoms with E-state index in [0.717, 1.165) is 6.07 Å². The van der Waals surface area contributed by atoms with Crippen LogP contribution < -0.4 is 5.32 Å². The van der Waals surface area contributed by atoms with Crippen LogP contribution in [-0.4, -0.2) is 4.92 Å². The number of nitrogens with one attached hydrogen (secondary N) is 1. The first-order chi connectivity index (χ1) is 9.52. The van der Waals surface area contributed by atoms with E-state index in [1.807, 2.05) is 0 Å². The van der Waals surface area contributed by atoms with Crippen molar-refractivity contribution in [1.29, 1.82) is 5.26 Å². The molecule has 0 atom stereocenters. The zero-order chi connectivity index (χ0) is 14.7. The zero-order valence-corrected chi connectivity index (χ0v) is 10.7. The number of hydrogen-bond donors (Lipinski definition) is 1. The third kappa shape index (κ3) is 2.68. The molecule has 0 unspecified atom stereocenters. The number of halogens is 2. The van der Waals surface area contributed by atoms with Gasteiger partial charge < -0.3 is 5.32 Å². The molecule has 7 heteroatoms. The van der Waals surface area contributed by atoms with E-state index in [-0.39, 0.29) is 27.6 Å². The summed E-state index contributed by atoms with van der Waals surface area (Å²) >= 11 is 5.76. The van der Waals surface area contributed by atoms with Crippen LogP contribution >= 0.6 is 11.6 Å². The van der Waals surface area contributed by atoms with E-state index in [9.17, 15) is 14.5 Å². The molecule has 0 aromatic heterocycles. The Balaban J connectivity index is 2.43. The summed E-state index contributed by atoms with van der Waals surface area (Å²) in [5.74, 6) is -0.682. The lowest BCUT2D eigenvalue weighted by Gasteiger charge is -2.09. The summed E-state index contributed by atoms with van der Waals surface area (Å²) in [4.78, 5) is 10.3. The van der Waals surface area contributed by atoms with Gasteiger partial charge in [-0.15, -0.1) is 0 Å². The molecule has 0 fully saturated rings. The maximum absolute atomic E-state index is 13.7. The molecule has 0 aliphatic rings. The van der Waals surface area contributed by atoms with Crippen molar-refractivity contribution in [3.05, 3.63) is 62.9 Å². The van der Waals surface area contributed by atoms with Gasteiger partial charge in [-0.25, -0.2) is 4.39 Å². The number of anilines is 2. The number of para-hydroxylation sites is 1. The molecule has 20 heavy (non-hydrogen) atoms. The Morgan fingerprint density at radius 3 is 2.65 bits per heavy atom. The van der Waals surface area contributed by atoms with Crippen LogP contribution in [0.2, 0.25) is 5.02 Å². The molecule has 2 aromatic carbocycles. The fourth-order valence-electron chi connectivity index (χ4n) is 1.63. The largest absolute Gasteiger partial charge is 0.347 e. The maximum Gasteiger partial charge on any atom is 0.311 e. The highest BCUT2D eigenvalue weighted by molar-refractivity contribution is 6.33. The first-order valence-corrected chi connectivity index (χ1v) is 5.80. The summed E-state index contributed by atoms with van der Waals surface area (Å²) < 4.78 is 13.7. The first-order valence-electron chi connectivity index (χ1n) is 5.42. The normalized spacial score (nSPS) is 9.85. The van der Waals surface area contributed by atoms with Crippen LogP contribution in [0.5, 0.6) is 0 Å². The highest BCUT2D eigenvalue weighted by Gasteiger charge is 2.19. The van der Waals surface area contributed by atoms with E-state index in [2.05, 4.69) is 5.32 Å². The van der Waals surface area contributed by atoms with Crippen LogP contribution in [0.1, 0.15) is 5.56 Å². The predicted molar refractivity (Wildman–Crippen MR) is 72.5 cm³/mol. The quantitative estimate of drug-likeness (QED) is 0.684. The molecule has 0 radical (unpaired) electrons. The molecule has 0 amide bonds. The number of hydrogen-bond acceptors (Lipinski definition) is 4. The molecule has 0 bridgehead atoms. The van der Waals surface area contributed by atoms with E-state index < -0.39 is 10.7 Å². The van der Waals surface area contributed by atoms with E-state index in [4.69, 9.17) is 16.9 Å². The Bertz CT molecular complexity index is 728. The zero-order valence-electron chi connectivity index (χ0n) is 9.93. The third-order valence-corrected chi connectivity index (χ3v) is 2.84. The maximum atomic E-state index is 13.7. The van der Waals surface area contributed by atoms with Crippen molar-refractivity contribution in [3.8, 4) is 6.07 Å². The summed E-state index contributed by atoms with van der Waals surface area (Å²) in [5, 5.41) is 22.2. The second-order valence-corrected chi connectivity index (χ2v) is 4.23. The van der Waals surface area contributed by atoms with Gasteiger partial charge in [0.05, 0.1) is 22.2 Å². The lowest BCUT2D eigenvalue weighted by molar-refractivity contribution is -0.383. The number of nitriles is 1. The van der Waals surface area contributed by atoms with Gasteiger partial charge >= 0.3 is 5.69 Å². The average Bonchev–Trinajstić information content (AvgIpc) is 2.40. The van der Waals surface area contributed by atoms with Gasteiger partial charge in [-0.3, -0.25) is 10.1 Å². The third-order valence-electron chi connectivity index (χ3n) is 2.54. The minimum absolute atomic E-state index is 0.0226. The Kier molecular flexibility index (Phi) is 3.82. The van der Waals surface area contributed by atoms with Crippen molar-refractivity contribution < 1.29 is 9.31 Å². The van der Waals surface area contributed by atoms with Crippen LogP contribution in [0.25, 0.3) is 0 Å². The fraction of sp³-hybridized carbons (Fsp3) is 0. The van der Waals surface area contributed by atoms with E-state index in [0.29, 0.717) is 0 Å². The topological polar surface area (TPSA) is 79.0 Å². The van der Waals surface area contributed by atoms with Gasteiger partial charge in [0, 0.05) is 0 Å². The average molecular weight is 292 g/mol. The van der Waals surface area contributed by atoms with Gasteiger partial charge in [0.15, 0.2) is 0 Å². The summed E-state index contributed by atoms with van der Waals surface area (Å²) in [7, 11) is 0. The van der Waals surface area contributed by atoms with Gasteiger partial charge in [-0.1, -0.05) is 17.7 Å². The number of nitrogens with zero attached hydrogens (tertiary/aromatic N) is 2. The lowest BCUT2D eigenvalue weighted by atomic mass is 10.2. The first kappa shape index (κ1) is 13.8. The van der Waals surface area contributed by atoms with Crippen LogP contribution in [0.15, 0.2) is 36.4 Å².